The lowest BCUT2D eigenvalue weighted by atomic mass is 9.96. The van der Waals surface area contributed by atoms with Crippen molar-refractivity contribution in [2.24, 2.45) is 4.99 Å². The zero-order chi connectivity index (χ0) is 28.6. The Morgan fingerprint density at radius 1 is 1.10 bits per heavy atom. The number of rotatable bonds is 6. The van der Waals surface area contributed by atoms with Crippen LogP contribution in [0.25, 0.3) is 17.4 Å². The summed E-state index contributed by atoms with van der Waals surface area (Å²) in [6.07, 6.45) is 1.61. The Morgan fingerprint density at radius 2 is 1.88 bits per heavy atom. The molecule has 0 N–H and O–H groups in total. The largest absolute Gasteiger partial charge is 0.465 e. The molecule has 204 valence electrons. The van der Waals surface area contributed by atoms with Gasteiger partial charge in [-0.1, -0.05) is 52.7 Å². The molecule has 1 atom stereocenters. The number of carbonyl (C=O) groups excluding carboxylic acids is 2. The van der Waals surface area contributed by atoms with E-state index in [4.69, 9.17) is 37.1 Å². The van der Waals surface area contributed by atoms with E-state index in [1.165, 1.54) is 23.0 Å². The standard InChI is InChI=1S/C29H22Cl2N2O6S/c1-4-38-28(36)24-15(2)32-29-33(25(24)18-7-5-6-8-20(18)30)26(34)23(40-29)14-17-10-12-22(39-17)16-9-11-21(31)19(13-16)27(35)37-3/h5-14,25H,4H2,1-3H3/b23-14-/t25-/m0/s1. The van der Waals surface area contributed by atoms with Crippen LogP contribution in [0, 0.1) is 0 Å². The topological polar surface area (TPSA) is 100 Å². The normalized spacial score (nSPS) is 15.0. The van der Waals surface area contributed by atoms with Crippen LogP contribution in [0.15, 0.2) is 80.1 Å². The van der Waals surface area contributed by atoms with Crippen LogP contribution < -0.4 is 14.9 Å². The lowest BCUT2D eigenvalue weighted by Crippen LogP contribution is -2.40. The molecular formula is C29H22Cl2N2O6S. The lowest BCUT2D eigenvalue weighted by Gasteiger charge is -2.25. The van der Waals surface area contributed by atoms with Gasteiger partial charge in [0.25, 0.3) is 5.56 Å². The Labute approximate surface area is 242 Å². The van der Waals surface area contributed by atoms with Crippen molar-refractivity contribution in [1.29, 1.82) is 0 Å². The summed E-state index contributed by atoms with van der Waals surface area (Å²) >= 11 is 13.8. The van der Waals surface area contributed by atoms with Gasteiger partial charge in [-0.05, 0) is 55.8 Å². The number of esters is 2. The van der Waals surface area contributed by atoms with Crippen LogP contribution in [-0.2, 0) is 14.3 Å². The minimum Gasteiger partial charge on any atom is -0.465 e. The summed E-state index contributed by atoms with van der Waals surface area (Å²) in [5, 5.41) is 0.664. The Balaban J connectivity index is 1.61. The van der Waals surface area contributed by atoms with Gasteiger partial charge in [0.15, 0.2) is 4.80 Å². The van der Waals surface area contributed by atoms with Gasteiger partial charge in [-0.2, -0.15) is 0 Å². The molecule has 0 radical (unpaired) electrons. The average Bonchev–Trinajstić information content (AvgIpc) is 3.52. The number of fused-ring (bicyclic) bond motifs is 1. The number of hydrogen-bond donors (Lipinski definition) is 0. The minimum absolute atomic E-state index is 0.171. The predicted octanol–water partition coefficient (Wildman–Crippen LogP) is 5.15. The smallest absolute Gasteiger partial charge is 0.339 e. The molecule has 3 heterocycles. The van der Waals surface area contributed by atoms with Crippen LogP contribution in [0.4, 0.5) is 0 Å². The molecule has 0 aliphatic carbocycles. The highest BCUT2D eigenvalue weighted by atomic mass is 35.5. The zero-order valence-electron chi connectivity index (χ0n) is 21.6. The highest BCUT2D eigenvalue weighted by Crippen LogP contribution is 2.34. The van der Waals surface area contributed by atoms with Crippen molar-refractivity contribution in [2.45, 2.75) is 19.9 Å². The molecule has 0 fully saturated rings. The van der Waals surface area contributed by atoms with Gasteiger partial charge in [-0.25, -0.2) is 14.6 Å². The van der Waals surface area contributed by atoms with Gasteiger partial charge in [0, 0.05) is 16.7 Å². The van der Waals surface area contributed by atoms with Gasteiger partial charge in [0.2, 0.25) is 0 Å². The number of hydrogen-bond acceptors (Lipinski definition) is 8. The maximum atomic E-state index is 13.8. The number of benzene rings is 2. The van der Waals surface area contributed by atoms with Gasteiger partial charge in [0.05, 0.1) is 40.1 Å². The first-order chi connectivity index (χ1) is 19.2. The lowest BCUT2D eigenvalue weighted by molar-refractivity contribution is -0.139. The number of allylic oxidation sites excluding steroid dienone is 1. The summed E-state index contributed by atoms with van der Waals surface area (Å²) in [7, 11) is 1.28. The molecule has 0 bridgehead atoms. The third-order valence-electron chi connectivity index (χ3n) is 6.27. The summed E-state index contributed by atoms with van der Waals surface area (Å²) in [5.74, 6) is -0.251. The van der Waals surface area contributed by atoms with Crippen LogP contribution in [0.5, 0.6) is 0 Å². The van der Waals surface area contributed by atoms with E-state index in [1.54, 1.807) is 74.5 Å². The second-order valence-corrected chi connectivity index (χ2v) is 10.5. The molecule has 2 aromatic carbocycles. The van der Waals surface area contributed by atoms with E-state index in [-0.39, 0.29) is 28.3 Å². The number of carbonyl (C=O) groups is 2. The SMILES string of the molecule is CCOC(=O)C1=C(C)N=c2s/c(=C\c3ccc(-c4ccc(Cl)c(C(=O)OC)c4)o3)c(=O)n2[C@H]1c1ccccc1Cl. The van der Waals surface area contributed by atoms with Crippen molar-refractivity contribution in [1.82, 2.24) is 4.57 Å². The molecule has 40 heavy (non-hydrogen) atoms. The molecule has 0 spiro atoms. The van der Waals surface area contributed by atoms with Gasteiger partial charge in [-0.3, -0.25) is 9.36 Å². The molecule has 4 aromatic rings. The molecule has 0 unspecified atom stereocenters. The molecular weight excluding hydrogens is 575 g/mol. The molecule has 8 nitrogen and oxygen atoms in total. The second kappa shape index (κ2) is 11.3. The Morgan fingerprint density at radius 3 is 2.60 bits per heavy atom. The van der Waals surface area contributed by atoms with Crippen molar-refractivity contribution in [3.63, 3.8) is 0 Å². The van der Waals surface area contributed by atoms with E-state index in [9.17, 15) is 14.4 Å². The van der Waals surface area contributed by atoms with Gasteiger partial charge < -0.3 is 13.9 Å². The maximum Gasteiger partial charge on any atom is 0.339 e. The van der Waals surface area contributed by atoms with E-state index < -0.39 is 18.0 Å². The van der Waals surface area contributed by atoms with Gasteiger partial charge in [0.1, 0.15) is 17.6 Å². The molecule has 5 rings (SSSR count). The average molecular weight is 597 g/mol. The first-order valence-electron chi connectivity index (χ1n) is 12.2. The molecule has 2 aromatic heterocycles. The monoisotopic (exact) mass is 596 g/mol. The summed E-state index contributed by atoms with van der Waals surface area (Å²) in [5.41, 5.74) is 1.73. The Bertz CT molecular complexity index is 1870. The fourth-order valence-corrected chi connectivity index (χ4v) is 5.90. The fourth-order valence-electron chi connectivity index (χ4n) is 4.44. The van der Waals surface area contributed by atoms with Gasteiger partial charge in [-0.15, -0.1) is 0 Å². The molecule has 1 aliphatic heterocycles. The van der Waals surface area contributed by atoms with E-state index in [0.29, 0.717) is 42.7 Å². The Hall–Kier alpha value is -3.92. The van der Waals surface area contributed by atoms with Crippen molar-refractivity contribution in [3.8, 4) is 11.3 Å². The van der Waals surface area contributed by atoms with E-state index >= 15 is 0 Å². The number of methoxy groups -OCH3 is 1. The summed E-state index contributed by atoms with van der Waals surface area (Å²) < 4.78 is 17.9. The van der Waals surface area contributed by atoms with Crippen LogP contribution in [0.2, 0.25) is 10.0 Å². The van der Waals surface area contributed by atoms with Crippen molar-refractivity contribution in [3.05, 3.63) is 112 Å². The van der Waals surface area contributed by atoms with Crippen LogP contribution in [-0.4, -0.2) is 30.2 Å². The highest BCUT2D eigenvalue weighted by molar-refractivity contribution is 7.07. The first-order valence-corrected chi connectivity index (χ1v) is 13.7. The van der Waals surface area contributed by atoms with E-state index in [1.807, 2.05) is 0 Å². The third kappa shape index (κ3) is 5.03. The minimum atomic E-state index is -0.816. The Kier molecular flexibility index (Phi) is 7.80. The predicted molar refractivity (Wildman–Crippen MR) is 152 cm³/mol. The maximum absolute atomic E-state index is 13.8. The molecule has 11 heteroatoms. The summed E-state index contributed by atoms with van der Waals surface area (Å²) in [6.45, 7) is 3.59. The number of nitrogens with zero attached hydrogens (tertiary/aromatic N) is 2. The highest BCUT2D eigenvalue weighted by Gasteiger charge is 2.34. The van der Waals surface area contributed by atoms with Crippen LogP contribution in [0.3, 0.4) is 0 Å². The van der Waals surface area contributed by atoms with Crippen molar-refractivity contribution in [2.75, 3.05) is 13.7 Å². The summed E-state index contributed by atoms with van der Waals surface area (Å²) in [4.78, 5) is 43.8. The molecule has 1 aliphatic rings. The van der Waals surface area contributed by atoms with Crippen molar-refractivity contribution >= 4 is 52.6 Å². The summed E-state index contributed by atoms with van der Waals surface area (Å²) in [6, 6.07) is 14.5. The van der Waals surface area contributed by atoms with Crippen LogP contribution >= 0.6 is 34.5 Å². The van der Waals surface area contributed by atoms with Gasteiger partial charge >= 0.3 is 11.9 Å². The van der Waals surface area contributed by atoms with E-state index in [0.717, 1.165) is 0 Å². The molecule has 0 saturated heterocycles. The second-order valence-electron chi connectivity index (χ2n) is 8.71. The fraction of sp³-hybridized carbons (Fsp3) is 0.172. The quantitative estimate of drug-likeness (QED) is 0.285. The van der Waals surface area contributed by atoms with Crippen molar-refractivity contribution < 1.29 is 23.5 Å². The number of halogens is 2. The van der Waals surface area contributed by atoms with E-state index in [2.05, 4.69) is 4.99 Å². The van der Waals surface area contributed by atoms with Crippen LogP contribution in [0.1, 0.15) is 41.6 Å². The number of ether oxygens (including phenoxy) is 2. The first kappa shape index (κ1) is 27.6. The number of thiazole rings is 1. The number of furan rings is 1. The molecule has 0 amide bonds. The zero-order valence-corrected chi connectivity index (χ0v) is 23.9. The number of aromatic nitrogens is 1. The third-order valence-corrected chi connectivity index (χ3v) is 7.93. The molecule has 0 saturated carbocycles.